The summed E-state index contributed by atoms with van der Waals surface area (Å²) in [6.45, 7) is 1.92. The number of hydrogen-bond acceptors (Lipinski definition) is 2. The summed E-state index contributed by atoms with van der Waals surface area (Å²) in [6, 6.07) is 9.59. The van der Waals surface area contributed by atoms with Crippen LogP contribution in [0.5, 0.6) is 0 Å². The van der Waals surface area contributed by atoms with E-state index in [1.54, 1.807) is 0 Å². The molecule has 1 saturated carbocycles. The summed E-state index contributed by atoms with van der Waals surface area (Å²) in [5.74, 6) is -1.95. The lowest BCUT2D eigenvalue weighted by molar-refractivity contribution is -0.148. The van der Waals surface area contributed by atoms with Gasteiger partial charge in [-0.05, 0) is 30.7 Å². The molecule has 2 aliphatic carbocycles. The molecule has 1 aromatic rings. The van der Waals surface area contributed by atoms with Gasteiger partial charge in [-0.25, -0.2) is 0 Å². The molecule has 0 radical (unpaired) electrons. The standard InChI is InChI=1S/C17H19NO3/c1-10(11-5-3-2-4-6-11)18-16(19)14-12-7-8-13(9-12)15(14)17(20)21/h2-8,10,12-15H,9H2,1H3,(H,18,19)(H,20,21)/t10-,12+,13-,14-,15+/m1/s1. The largest absolute Gasteiger partial charge is 0.481 e. The molecular weight excluding hydrogens is 266 g/mol. The van der Waals surface area contributed by atoms with Gasteiger partial charge in [-0.2, -0.15) is 0 Å². The number of aliphatic carboxylic acids is 1. The highest BCUT2D eigenvalue weighted by Crippen LogP contribution is 2.48. The maximum absolute atomic E-state index is 12.5. The molecule has 0 spiro atoms. The minimum Gasteiger partial charge on any atom is -0.481 e. The van der Waals surface area contributed by atoms with Gasteiger partial charge in [-0.1, -0.05) is 42.5 Å². The first kappa shape index (κ1) is 13.9. The van der Waals surface area contributed by atoms with Gasteiger partial charge < -0.3 is 10.4 Å². The molecule has 2 aliphatic rings. The highest BCUT2D eigenvalue weighted by molar-refractivity contribution is 5.87. The molecule has 2 bridgehead atoms. The summed E-state index contributed by atoms with van der Waals surface area (Å²) in [6.07, 6.45) is 4.74. The number of benzene rings is 1. The Hall–Kier alpha value is -2.10. The van der Waals surface area contributed by atoms with Crippen molar-refractivity contribution < 1.29 is 14.7 Å². The predicted octanol–water partition coefficient (Wildman–Crippen LogP) is 2.39. The van der Waals surface area contributed by atoms with Crippen LogP contribution in [-0.4, -0.2) is 17.0 Å². The maximum atomic E-state index is 12.5. The average molecular weight is 285 g/mol. The van der Waals surface area contributed by atoms with Crippen LogP contribution >= 0.6 is 0 Å². The highest BCUT2D eigenvalue weighted by Gasteiger charge is 2.51. The number of allylic oxidation sites excluding steroid dienone is 2. The van der Waals surface area contributed by atoms with Gasteiger partial charge in [-0.15, -0.1) is 0 Å². The van der Waals surface area contributed by atoms with Crippen molar-refractivity contribution in [3.05, 3.63) is 48.0 Å². The van der Waals surface area contributed by atoms with Crippen LogP contribution in [0.1, 0.15) is 24.9 Å². The minimum absolute atomic E-state index is 0.00952. The van der Waals surface area contributed by atoms with Crippen LogP contribution in [0.15, 0.2) is 42.5 Å². The molecule has 5 atom stereocenters. The first-order valence-electron chi connectivity index (χ1n) is 7.34. The number of nitrogens with one attached hydrogen (secondary N) is 1. The first-order chi connectivity index (χ1) is 10.1. The zero-order valence-electron chi connectivity index (χ0n) is 11.9. The van der Waals surface area contributed by atoms with Crippen molar-refractivity contribution in [2.45, 2.75) is 19.4 Å². The maximum Gasteiger partial charge on any atom is 0.307 e. The molecule has 0 unspecified atom stereocenters. The van der Waals surface area contributed by atoms with Crippen LogP contribution in [-0.2, 0) is 9.59 Å². The normalized spacial score (nSPS) is 31.1. The van der Waals surface area contributed by atoms with E-state index in [2.05, 4.69) is 5.32 Å². The van der Waals surface area contributed by atoms with Crippen molar-refractivity contribution in [3.8, 4) is 0 Å². The van der Waals surface area contributed by atoms with E-state index in [4.69, 9.17) is 0 Å². The Labute approximate surface area is 123 Å². The molecule has 2 N–H and O–H groups in total. The molecule has 0 saturated heterocycles. The molecule has 1 amide bonds. The summed E-state index contributed by atoms with van der Waals surface area (Å²) < 4.78 is 0. The molecule has 110 valence electrons. The second-order valence-corrected chi connectivity index (χ2v) is 5.98. The zero-order chi connectivity index (χ0) is 15.0. The third kappa shape index (κ3) is 2.46. The van der Waals surface area contributed by atoms with Gasteiger partial charge in [0, 0.05) is 0 Å². The lowest BCUT2D eigenvalue weighted by Crippen LogP contribution is -2.41. The molecule has 4 nitrogen and oxygen atoms in total. The number of carbonyl (C=O) groups excluding carboxylic acids is 1. The van der Waals surface area contributed by atoms with Crippen LogP contribution in [0, 0.1) is 23.7 Å². The first-order valence-corrected chi connectivity index (χ1v) is 7.34. The van der Waals surface area contributed by atoms with Gasteiger partial charge in [-0.3, -0.25) is 9.59 Å². The van der Waals surface area contributed by atoms with Crippen LogP contribution < -0.4 is 5.32 Å². The molecule has 21 heavy (non-hydrogen) atoms. The second-order valence-electron chi connectivity index (χ2n) is 5.98. The fourth-order valence-corrected chi connectivity index (χ4v) is 3.65. The fourth-order valence-electron chi connectivity index (χ4n) is 3.65. The highest BCUT2D eigenvalue weighted by atomic mass is 16.4. The Balaban J connectivity index is 1.73. The minimum atomic E-state index is -0.862. The molecular formula is C17H19NO3. The number of carbonyl (C=O) groups is 2. The van der Waals surface area contributed by atoms with Crippen molar-refractivity contribution in [2.24, 2.45) is 23.7 Å². The van der Waals surface area contributed by atoms with Crippen molar-refractivity contribution >= 4 is 11.9 Å². The smallest absolute Gasteiger partial charge is 0.307 e. The van der Waals surface area contributed by atoms with Crippen LogP contribution in [0.3, 0.4) is 0 Å². The van der Waals surface area contributed by atoms with Crippen LogP contribution in [0.25, 0.3) is 0 Å². The molecule has 3 rings (SSSR count). The van der Waals surface area contributed by atoms with E-state index in [9.17, 15) is 14.7 Å². The van der Waals surface area contributed by atoms with E-state index in [1.165, 1.54) is 0 Å². The number of amides is 1. The quantitative estimate of drug-likeness (QED) is 0.835. The Bertz CT molecular complexity index is 581. The molecule has 1 aromatic carbocycles. The van der Waals surface area contributed by atoms with E-state index in [0.717, 1.165) is 12.0 Å². The lowest BCUT2D eigenvalue weighted by Gasteiger charge is -2.25. The summed E-state index contributed by atoms with van der Waals surface area (Å²) in [4.78, 5) is 24.0. The van der Waals surface area contributed by atoms with Crippen molar-refractivity contribution in [3.63, 3.8) is 0 Å². The van der Waals surface area contributed by atoms with E-state index < -0.39 is 17.8 Å². The third-order valence-corrected chi connectivity index (χ3v) is 4.71. The number of fused-ring (bicyclic) bond motifs is 2. The van der Waals surface area contributed by atoms with Gasteiger partial charge >= 0.3 is 5.97 Å². The molecule has 0 aliphatic heterocycles. The Morgan fingerprint density at radius 3 is 2.38 bits per heavy atom. The average Bonchev–Trinajstić information content (AvgIpc) is 3.08. The van der Waals surface area contributed by atoms with E-state index in [0.29, 0.717) is 0 Å². The third-order valence-electron chi connectivity index (χ3n) is 4.71. The van der Waals surface area contributed by atoms with Gasteiger partial charge in [0.2, 0.25) is 5.91 Å². The van der Waals surface area contributed by atoms with Gasteiger partial charge in [0.15, 0.2) is 0 Å². The summed E-state index contributed by atoms with van der Waals surface area (Å²) >= 11 is 0. The van der Waals surface area contributed by atoms with Gasteiger partial charge in [0.05, 0.1) is 17.9 Å². The van der Waals surface area contributed by atoms with E-state index in [-0.39, 0.29) is 23.8 Å². The second kappa shape index (κ2) is 5.35. The molecule has 1 fully saturated rings. The van der Waals surface area contributed by atoms with Crippen molar-refractivity contribution in [1.82, 2.24) is 5.32 Å². The van der Waals surface area contributed by atoms with Crippen LogP contribution in [0.4, 0.5) is 0 Å². The predicted molar refractivity (Wildman–Crippen MR) is 78.4 cm³/mol. The van der Waals surface area contributed by atoms with Crippen molar-refractivity contribution in [1.29, 1.82) is 0 Å². The number of carboxylic acids is 1. The number of carboxylic acid groups (broad SMARTS) is 1. The van der Waals surface area contributed by atoms with E-state index in [1.807, 2.05) is 49.4 Å². The Kier molecular flexibility index (Phi) is 3.53. The zero-order valence-corrected chi connectivity index (χ0v) is 11.9. The van der Waals surface area contributed by atoms with Gasteiger partial charge in [0.1, 0.15) is 0 Å². The summed E-state index contributed by atoms with van der Waals surface area (Å²) in [5.41, 5.74) is 1.02. The number of rotatable bonds is 4. The van der Waals surface area contributed by atoms with E-state index >= 15 is 0 Å². The van der Waals surface area contributed by atoms with Crippen molar-refractivity contribution in [2.75, 3.05) is 0 Å². The summed E-state index contributed by atoms with van der Waals surface area (Å²) in [7, 11) is 0. The molecule has 4 heteroatoms. The van der Waals surface area contributed by atoms with Gasteiger partial charge in [0.25, 0.3) is 0 Å². The molecule has 0 aromatic heterocycles. The monoisotopic (exact) mass is 285 g/mol. The summed E-state index contributed by atoms with van der Waals surface area (Å²) in [5, 5.41) is 12.4. The Morgan fingerprint density at radius 1 is 1.14 bits per heavy atom. The molecule has 0 heterocycles. The Morgan fingerprint density at radius 2 is 1.76 bits per heavy atom. The fraction of sp³-hybridized carbons (Fsp3) is 0.412. The van der Waals surface area contributed by atoms with Crippen LogP contribution in [0.2, 0.25) is 0 Å². The topological polar surface area (TPSA) is 66.4 Å². The SMILES string of the molecule is C[C@@H](NC(=O)[C@H]1[C@@H](C(=O)O)[C@@H]2C=C[C@H]1C2)c1ccccc1. The lowest BCUT2D eigenvalue weighted by atomic mass is 9.82. The number of hydrogen-bond donors (Lipinski definition) is 2.